The molecule has 0 aliphatic carbocycles. The fraction of sp³-hybridized carbons (Fsp3) is 0.143. The van der Waals surface area contributed by atoms with Crippen LogP contribution in [0.1, 0.15) is 43.0 Å². The lowest BCUT2D eigenvalue weighted by Gasteiger charge is -2.09. The minimum Gasteiger partial charge on any atom is -0.493 e. The van der Waals surface area contributed by atoms with E-state index in [2.05, 4.69) is 23.7 Å². The minimum absolute atomic E-state index is 0.406. The largest absolute Gasteiger partial charge is 0.493 e. The molecule has 170 valence electrons. The standard InChI is InChI=1S/C28H22O6/c1-31-25-17-23(15-9-19-5-11-21(12-6-19)27(29)33-3)24(18-26(25)32-2)16-10-20-7-13-22(14-8-20)28(30)34-4/h5-8,11-14,17-18H,1-4H3. The van der Waals surface area contributed by atoms with Crippen molar-refractivity contribution in [3.05, 3.63) is 94.0 Å². The fourth-order valence-electron chi connectivity index (χ4n) is 2.98. The van der Waals surface area contributed by atoms with Crippen molar-refractivity contribution < 1.29 is 28.5 Å². The van der Waals surface area contributed by atoms with Crippen LogP contribution in [-0.2, 0) is 9.47 Å². The number of esters is 2. The van der Waals surface area contributed by atoms with Crippen LogP contribution in [0.15, 0.2) is 60.7 Å². The number of benzene rings is 3. The molecule has 34 heavy (non-hydrogen) atoms. The Bertz CT molecular complexity index is 1210. The molecule has 0 unspecified atom stereocenters. The zero-order valence-electron chi connectivity index (χ0n) is 19.2. The molecule has 3 aromatic carbocycles. The van der Waals surface area contributed by atoms with E-state index in [4.69, 9.17) is 18.9 Å². The maximum atomic E-state index is 11.6. The molecule has 0 amide bonds. The molecule has 0 saturated heterocycles. The second-order valence-electron chi connectivity index (χ2n) is 6.89. The molecule has 6 nitrogen and oxygen atoms in total. The first-order valence-electron chi connectivity index (χ1n) is 10.2. The van der Waals surface area contributed by atoms with Crippen LogP contribution in [0.2, 0.25) is 0 Å². The maximum Gasteiger partial charge on any atom is 0.337 e. The first-order valence-corrected chi connectivity index (χ1v) is 10.2. The summed E-state index contributed by atoms with van der Waals surface area (Å²) in [5, 5.41) is 0. The number of hydrogen-bond donors (Lipinski definition) is 0. The molecule has 3 aromatic rings. The van der Waals surface area contributed by atoms with E-state index in [9.17, 15) is 9.59 Å². The Hall–Kier alpha value is -4.68. The minimum atomic E-state index is -0.406. The van der Waals surface area contributed by atoms with Gasteiger partial charge in [-0.25, -0.2) is 9.59 Å². The van der Waals surface area contributed by atoms with Crippen LogP contribution in [0.25, 0.3) is 0 Å². The molecule has 6 heteroatoms. The predicted molar refractivity (Wildman–Crippen MR) is 127 cm³/mol. The summed E-state index contributed by atoms with van der Waals surface area (Å²) in [5.41, 5.74) is 3.63. The summed E-state index contributed by atoms with van der Waals surface area (Å²) in [5.74, 6) is 12.6. The number of rotatable bonds is 4. The van der Waals surface area contributed by atoms with Crippen LogP contribution in [-0.4, -0.2) is 40.4 Å². The summed E-state index contributed by atoms with van der Waals surface area (Å²) in [6.07, 6.45) is 0. The van der Waals surface area contributed by atoms with Crippen LogP contribution in [0.3, 0.4) is 0 Å². The van der Waals surface area contributed by atoms with Gasteiger partial charge in [-0.05, 0) is 48.5 Å². The molecular formula is C28H22O6. The van der Waals surface area contributed by atoms with E-state index in [1.165, 1.54) is 14.2 Å². The molecule has 0 radical (unpaired) electrons. The molecule has 3 rings (SSSR count). The molecule has 0 bridgehead atoms. The van der Waals surface area contributed by atoms with Crippen LogP contribution < -0.4 is 9.47 Å². The van der Waals surface area contributed by atoms with Gasteiger partial charge >= 0.3 is 11.9 Å². The van der Waals surface area contributed by atoms with Gasteiger partial charge in [-0.2, -0.15) is 0 Å². The lowest BCUT2D eigenvalue weighted by atomic mass is 10.0. The highest BCUT2D eigenvalue weighted by Crippen LogP contribution is 2.30. The summed E-state index contributed by atoms with van der Waals surface area (Å²) in [4.78, 5) is 23.2. The molecule has 0 aromatic heterocycles. The van der Waals surface area contributed by atoms with E-state index in [-0.39, 0.29) is 0 Å². The quantitative estimate of drug-likeness (QED) is 0.437. The highest BCUT2D eigenvalue weighted by Gasteiger charge is 2.09. The third kappa shape index (κ3) is 5.76. The van der Waals surface area contributed by atoms with Gasteiger partial charge in [0.2, 0.25) is 0 Å². The van der Waals surface area contributed by atoms with Crippen LogP contribution in [0.4, 0.5) is 0 Å². The van der Waals surface area contributed by atoms with Crippen molar-refractivity contribution in [2.45, 2.75) is 0 Å². The van der Waals surface area contributed by atoms with E-state index in [1.54, 1.807) is 74.9 Å². The van der Waals surface area contributed by atoms with Crippen molar-refractivity contribution in [1.82, 2.24) is 0 Å². The number of methoxy groups -OCH3 is 4. The lowest BCUT2D eigenvalue weighted by molar-refractivity contribution is 0.0592. The maximum absolute atomic E-state index is 11.6. The van der Waals surface area contributed by atoms with Crippen molar-refractivity contribution >= 4 is 11.9 Å². The van der Waals surface area contributed by atoms with Gasteiger partial charge in [0.15, 0.2) is 11.5 Å². The number of carbonyl (C=O) groups is 2. The number of hydrogen-bond acceptors (Lipinski definition) is 6. The molecule has 0 fully saturated rings. The van der Waals surface area contributed by atoms with Crippen molar-refractivity contribution in [3.63, 3.8) is 0 Å². The van der Waals surface area contributed by atoms with E-state index >= 15 is 0 Å². The van der Waals surface area contributed by atoms with E-state index < -0.39 is 11.9 Å². The van der Waals surface area contributed by atoms with Crippen molar-refractivity contribution in [2.24, 2.45) is 0 Å². The Balaban J connectivity index is 1.97. The Morgan fingerprint density at radius 2 is 0.912 bits per heavy atom. The van der Waals surface area contributed by atoms with Crippen molar-refractivity contribution in [2.75, 3.05) is 28.4 Å². The first-order chi connectivity index (χ1) is 16.5. The molecular weight excluding hydrogens is 432 g/mol. The van der Waals surface area contributed by atoms with Gasteiger partial charge in [0.05, 0.1) is 39.6 Å². The second kappa shape index (κ2) is 11.3. The van der Waals surface area contributed by atoms with E-state index in [0.717, 1.165) is 11.1 Å². The molecule has 0 atom stereocenters. The third-order valence-corrected chi connectivity index (χ3v) is 4.82. The Labute approximate surface area is 198 Å². The van der Waals surface area contributed by atoms with Crippen LogP contribution in [0.5, 0.6) is 11.5 Å². The molecule has 0 saturated carbocycles. The average molecular weight is 454 g/mol. The number of carbonyl (C=O) groups excluding carboxylic acids is 2. The van der Waals surface area contributed by atoms with Crippen LogP contribution >= 0.6 is 0 Å². The smallest absolute Gasteiger partial charge is 0.337 e. The number of ether oxygens (including phenoxy) is 4. The molecule has 0 spiro atoms. The lowest BCUT2D eigenvalue weighted by Crippen LogP contribution is -2.00. The normalized spacial score (nSPS) is 9.53. The Morgan fingerprint density at radius 3 is 1.21 bits per heavy atom. The molecule has 0 N–H and O–H groups in total. The van der Waals surface area contributed by atoms with Crippen LogP contribution in [0, 0.1) is 23.7 Å². The van der Waals surface area contributed by atoms with Gasteiger partial charge < -0.3 is 18.9 Å². The molecule has 0 aliphatic rings. The molecule has 0 heterocycles. The Kier molecular flexibility index (Phi) is 7.94. The SMILES string of the molecule is COC(=O)c1ccc(C#Cc2cc(OC)c(OC)cc2C#Cc2ccc(C(=O)OC)cc2)cc1. The highest BCUT2D eigenvalue weighted by molar-refractivity contribution is 5.89. The van der Waals surface area contributed by atoms with E-state index in [0.29, 0.717) is 33.8 Å². The zero-order chi connectivity index (χ0) is 24.5. The van der Waals surface area contributed by atoms with Gasteiger partial charge in [-0.1, -0.05) is 23.7 Å². The predicted octanol–water partition coefficient (Wildman–Crippen LogP) is 4.08. The summed E-state index contributed by atoms with van der Waals surface area (Å²) >= 11 is 0. The van der Waals surface area contributed by atoms with Gasteiger partial charge in [-0.15, -0.1) is 0 Å². The van der Waals surface area contributed by atoms with Gasteiger partial charge in [-0.3, -0.25) is 0 Å². The first kappa shape index (κ1) is 24.0. The summed E-state index contributed by atoms with van der Waals surface area (Å²) in [7, 11) is 5.77. The fourth-order valence-corrected chi connectivity index (χ4v) is 2.98. The third-order valence-electron chi connectivity index (χ3n) is 4.82. The second-order valence-corrected chi connectivity index (χ2v) is 6.89. The van der Waals surface area contributed by atoms with Gasteiger partial charge in [0, 0.05) is 34.4 Å². The summed E-state index contributed by atoms with van der Waals surface area (Å²) in [6, 6.07) is 17.1. The average Bonchev–Trinajstić information content (AvgIpc) is 2.90. The topological polar surface area (TPSA) is 71.1 Å². The zero-order valence-corrected chi connectivity index (χ0v) is 19.2. The van der Waals surface area contributed by atoms with Crippen molar-refractivity contribution in [1.29, 1.82) is 0 Å². The summed E-state index contributed by atoms with van der Waals surface area (Å²) < 4.78 is 20.3. The highest BCUT2D eigenvalue weighted by atomic mass is 16.5. The monoisotopic (exact) mass is 454 g/mol. The van der Waals surface area contributed by atoms with Gasteiger partial charge in [0.25, 0.3) is 0 Å². The Morgan fingerprint density at radius 1 is 0.559 bits per heavy atom. The molecule has 0 aliphatic heterocycles. The van der Waals surface area contributed by atoms with Crippen molar-refractivity contribution in [3.8, 4) is 35.2 Å². The van der Waals surface area contributed by atoms with Gasteiger partial charge in [0.1, 0.15) is 0 Å². The summed E-state index contributed by atoms with van der Waals surface area (Å²) in [6.45, 7) is 0. The van der Waals surface area contributed by atoms with E-state index in [1.807, 2.05) is 0 Å².